The van der Waals surface area contributed by atoms with Gasteiger partial charge in [0.2, 0.25) is 0 Å². The molecule has 0 unspecified atom stereocenters. The standard InChI is InChI=1S/C13H19ClN2O4/c1-3-13(4-2,8-17)15-7-9-5-10(14)6-11(12(9)18)16(19)20/h5-6,15,17-18H,3-4,7-8H2,1-2H3. The minimum absolute atomic E-state index is 0.0522. The van der Waals surface area contributed by atoms with Crippen LogP contribution in [0.3, 0.4) is 0 Å². The summed E-state index contributed by atoms with van der Waals surface area (Å²) in [7, 11) is 0. The van der Waals surface area contributed by atoms with Crippen LogP contribution in [0.25, 0.3) is 0 Å². The first-order chi connectivity index (χ1) is 9.39. The van der Waals surface area contributed by atoms with E-state index in [-0.39, 0.29) is 18.2 Å². The third kappa shape index (κ3) is 3.59. The van der Waals surface area contributed by atoms with Crippen LogP contribution in [0.15, 0.2) is 12.1 Å². The van der Waals surface area contributed by atoms with Crippen molar-refractivity contribution in [3.05, 3.63) is 32.8 Å². The Hall–Kier alpha value is -1.37. The van der Waals surface area contributed by atoms with Gasteiger partial charge < -0.3 is 15.5 Å². The number of aromatic hydroxyl groups is 1. The molecule has 0 aromatic heterocycles. The molecule has 0 saturated carbocycles. The first-order valence-corrected chi connectivity index (χ1v) is 6.78. The number of hydrogen-bond acceptors (Lipinski definition) is 5. The average molecular weight is 303 g/mol. The highest BCUT2D eigenvalue weighted by atomic mass is 35.5. The number of phenols is 1. The smallest absolute Gasteiger partial charge is 0.312 e. The van der Waals surface area contributed by atoms with Gasteiger partial charge in [-0.3, -0.25) is 10.1 Å². The molecule has 0 aliphatic rings. The van der Waals surface area contributed by atoms with Gasteiger partial charge in [-0.2, -0.15) is 0 Å². The predicted octanol–water partition coefficient (Wildman–Crippen LogP) is 2.59. The van der Waals surface area contributed by atoms with Crippen LogP contribution < -0.4 is 5.32 Å². The summed E-state index contributed by atoms with van der Waals surface area (Å²) in [6.45, 7) is 4.01. The number of hydrogen-bond donors (Lipinski definition) is 3. The number of nitrogens with zero attached hydrogens (tertiary/aromatic N) is 1. The van der Waals surface area contributed by atoms with Crippen LogP contribution in [-0.4, -0.2) is 27.3 Å². The van der Waals surface area contributed by atoms with Crippen molar-refractivity contribution in [3.63, 3.8) is 0 Å². The van der Waals surface area contributed by atoms with Crippen molar-refractivity contribution in [2.24, 2.45) is 0 Å². The number of rotatable bonds is 7. The van der Waals surface area contributed by atoms with Gasteiger partial charge in [0.15, 0.2) is 5.75 Å². The molecule has 0 heterocycles. The molecule has 0 spiro atoms. The first kappa shape index (κ1) is 16.7. The van der Waals surface area contributed by atoms with Crippen molar-refractivity contribution in [2.75, 3.05) is 6.61 Å². The molecule has 20 heavy (non-hydrogen) atoms. The van der Waals surface area contributed by atoms with Gasteiger partial charge in [0.25, 0.3) is 0 Å². The molecule has 1 rings (SSSR count). The molecule has 0 atom stereocenters. The molecule has 3 N–H and O–H groups in total. The average Bonchev–Trinajstić information content (AvgIpc) is 2.43. The highest BCUT2D eigenvalue weighted by molar-refractivity contribution is 6.31. The predicted molar refractivity (Wildman–Crippen MR) is 77.0 cm³/mol. The summed E-state index contributed by atoms with van der Waals surface area (Å²) >= 11 is 5.82. The monoisotopic (exact) mass is 302 g/mol. The third-order valence-corrected chi connectivity index (χ3v) is 3.86. The summed E-state index contributed by atoms with van der Waals surface area (Å²) in [5.41, 5.74) is -0.551. The number of nitrogens with one attached hydrogen (secondary N) is 1. The summed E-state index contributed by atoms with van der Waals surface area (Å²) in [5.74, 6) is -0.397. The Labute approximate surface area is 122 Å². The number of benzene rings is 1. The van der Waals surface area contributed by atoms with Crippen molar-refractivity contribution in [1.82, 2.24) is 5.32 Å². The summed E-state index contributed by atoms with van der Waals surface area (Å²) in [4.78, 5) is 10.1. The number of halogens is 1. The Morgan fingerprint density at radius 3 is 2.45 bits per heavy atom. The zero-order valence-electron chi connectivity index (χ0n) is 11.5. The van der Waals surface area contributed by atoms with E-state index in [1.165, 1.54) is 6.07 Å². The lowest BCUT2D eigenvalue weighted by Gasteiger charge is -2.31. The van der Waals surface area contributed by atoms with E-state index < -0.39 is 21.9 Å². The van der Waals surface area contributed by atoms with Crippen molar-refractivity contribution < 1.29 is 15.1 Å². The number of nitro groups is 1. The Bertz CT molecular complexity index is 481. The molecule has 1 aromatic carbocycles. The number of phenolic OH excluding ortho intramolecular Hbond substituents is 1. The molecular formula is C13H19ClN2O4. The zero-order valence-corrected chi connectivity index (χ0v) is 12.3. The second-order valence-electron chi connectivity index (χ2n) is 4.69. The van der Waals surface area contributed by atoms with E-state index in [0.717, 1.165) is 6.07 Å². The summed E-state index contributed by atoms with van der Waals surface area (Å²) in [5, 5.41) is 33.5. The molecule has 0 saturated heterocycles. The highest BCUT2D eigenvalue weighted by Crippen LogP contribution is 2.33. The van der Waals surface area contributed by atoms with Gasteiger partial charge in [0.05, 0.1) is 11.5 Å². The van der Waals surface area contributed by atoms with Crippen LogP contribution in [0.4, 0.5) is 5.69 Å². The summed E-state index contributed by atoms with van der Waals surface area (Å²) < 4.78 is 0. The first-order valence-electron chi connectivity index (χ1n) is 6.40. The minimum atomic E-state index is -0.677. The molecule has 0 aliphatic heterocycles. The topological polar surface area (TPSA) is 95.6 Å². The van der Waals surface area contributed by atoms with Gasteiger partial charge in [-0.15, -0.1) is 0 Å². The SMILES string of the molecule is CCC(CC)(CO)NCc1cc(Cl)cc([N+](=O)[O-])c1O. The fourth-order valence-corrected chi connectivity index (χ4v) is 2.21. The van der Waals surface area contributed by atoms with Gasteiger partial charge >= 0.3 is 5.69 Å². The van der Waals surface area contributed by atoms with Crippen LogP contribution in [0.2, 0.25) is 5.02 Å². The second kappa shape index (κ2) is 6.88. The van der Waals surface area contributed by atoms with Gasteiger partial charge in [-0.05, 0) is 18.9 Å². The fraction of sp³-hybridized carbons (Fsp3) is 0.538. The van der Waals surface area contributed by atoms with Crippen LogP contribution in [0, 0.1) is 10.1 Å². The number of nitro benzene ring substituents is 1. The Balaban J connectivity index is 3.01. The largest absolute Gasteiger partial charge is 0.502 e. The maximum absolute atomic E-state index is 10.8. The molecule has 0 fully saturated rings. The third-order valence-electron chi connectivity index (χ3n) is 3.64. The van der Waals surface area contributed by atoms with Crippen LogP contribution in [0.5, 0.6) is 5.75 Å². The van der Waals surface area contributed by atoms with Gasteiger partial charge in [0.1, 0.15) is 0 Å². The molecule has 0 bridgehead atoms. The van der Waals surface area contributed by atoms with Crippen molar-refractivity contribution in [2.45, 2.75) is 38.8 Å². The molecular weight excluding hydrogens is 284 g/mol. The maximum Gasteiger partial charge on any atom is 0.312 e. The van der Waals surface area contributed by atoms with E-state index in [1.54, 1.807) is 0 Å². The Morgan fingerprint density at radius 2 is 2.00 bits per heavy atom. The molecule has 7 heteroatoms. The number of aliphatic hydroxyl groups excluding tert-OH is 1. The van der Waals surface area contributed by atoms with Gasteiger partial charge in [-0.25, -0.2) is 0 Å². The van der Waals surface area contributed by atoms with Crippen molar-refractivity contribution >= 4 is 17.3 Å². The Morgan fingerprint density at radius 1 is 1.40 bits per heavy atom. The van der Waals surface area contributed by atoms with Crippen LogP contribution in [0.1, 0.15) is 32.3 Å². The normalized spacial score (nSPS) is 11.6. The minimum Gasteiger partial charge on any atom is -0.502 e. The van der Waals surface area contributed by atoms with Crippen LogP contribution >= 0.6 is 11.6 Å². The Kier molecular flexibility index (Phi) is 5.74. The summed E-state index contributed by atoms with van der Waals surface area (Å²) in [6, 6.07) is 2.59. The molecule has 0 amide bonds. The van der Waals surface area contributed by atoms with Gasteiger partial charge in [-0.1, -0.05) is 25.4 Å². The maximum atomic E-state index is 10.8. The molecule has 6 nitrogen and oxygen atoms in total. The number of aliphatic hydroxyl groups is 1. The highest BCUT2D eigenvalue weighted by Gasteiger charge is 2.26. The van der Waals surface area contributed by atoms with E-state index in [0.29, 0.717) is 18.4 Å². The molecule has 0 radical (unpaired) electrons. The van der Waals surface area contributed by atoms with E-state index in [1.807, 2.05) is 13.8 Å². The molecule has 0 aliphatic carbocycles. The van der Waals surface area contributed by atoms with E-state index in [2.05, 4.69) is 5.32 Å². The zero-order chi connectivity index (χ0) is 15.3. The van der Waals surface area contributed by atoms with Crippen LogP contribution in [-0.2, 0) is 6.54 Å². The quantitative estimate of drug-likeness (QED) is 0.531. The fourth-order valence-electron chi connectivity index (χ4n) is 1.98. The molecule has 112 valence electrons. The second-order valence-corrected chi connectivity index (χ2v) is 5.13. The molecule has 1 aromatic rings. The van der Waals surface area contributed by atoms with Crippen molar-refractivity contribution in [1.29, 1.82) is 0 Å². The van der Waals surface area contributed by atoms with Crippen molar-refractivity contribution in [3.8, 4) is 5.75 Å². The van der Waals surface area contributed by atoms with Gasteiger partial charge in [0, 0.05) is 28.7 Å². The summed E-state index contributed by atoms with van der Waals surface area (Å²) in [6.07, 6.45) is 1.40. The van der Waals surface area contributed by atoms with E-state index in [9.17, 15) is 20.3 Å². The van der Waals surface area contributed by atoms with E-state index >= 15 is 0 Å². The van der Waals surface area contributed by atoms with E-state index in [4.69, 9.17) is 11.6 Å². The lowest BCUT2D eigenvalue weighted by molar-refractivity contribution is -0.385. The lowest BCUT2D eigenvalue weighted by Crippen LogP contribution is -2.47. The lowest BCUT2D eigenvalue weighted by atomic mass is 9.93.